The van der Waals surface area contributed by atoms with E-state index in [1.165, 1.54) is 18.2 Å². The van der Waals surface area contributed by atoms with Gasteiger partial charge in [0.15, 0.2) is 9.84 Å². The van der Waals surface area contributed by atoms with Crippen LogP contribution in [0.2, 0.25) is 0 Å². The molecule has 0 bridgehead atoms. The summed E-state index contributed by atoms with van der Waals surface area (Å²) in [6, 6.07) is 17.9. The standard InChI is InChI=1S/C17H18O2S/c1-15(16-10-4-2-5-11-16)9-8-14-20(18,19)17-12-6-3-7-13-17/h2-13,15H,14H2,1H3/b9-8-/i14D. The third-order valence-corrected chi connectivity index (χ3v) is 4.50. The molecule has 2 nitrogen and oxygen atoms in total. The molecular weight excluding hydrogens is 268 g/mol. The van der Waals surface area contributed by atoms with Gasteiger partial charge in [0.1, 0.15) is 0 Å². The van der Waals surface area contributed by atoms with Gasteiger partial charge < -0.3 is 0 Å². The maximum absolute atomic E-state index is 12.2. The van der Waals surface area contributed by atoms with Crippen LogP contribution in [-0.2, 0) is 9.84 Å². The zero-order valence-electron chi connectivity index (χ0n) is 12.3. The van der Waals surface area contributed by atoms with Crippen LogP contribution in [0.15, 0.2) is 77.7 Å². The van der Waals surface area contributed by atoms with E-state index in [1.54, 1.807) is 24.3 Å². The van der Waals surface area contributed by atoms with Gasteiger partial charge in [0.2, 0.25) is 0 Å². The van der Waals surface area contributed by atoms with Gasteiger partial charge in [0.05, 0.1) is 10.6 Å². The largest absolute Gasteiger partial charge is 0.223 e. The summed E-state index contributed by atoms with van der Waals surface area (Å²) in [5, 5.41) is 0. The van der Waals surface area contributed by atoms with E-state index in [9.17, 15) is 8.42 Å². The molecule has 0 saturated heterocycles. The van der Waals surface area contributed by atoms with Crippen LogP contribution in [0.5, 0.6) is 0 Å². The van der Waals surface area contributed by atoms with Crippen LogP contribution in [0.4, 0.5) is 0 Å². The molecule has 0 aliphatic carbocycles. The fraction of sp³-hybridized carbons (Fsp3) is 0.176. The van der Waals surface area contributed by atoms with Gasteiger partial charge in [-0.15, -0.1) is 0 Å². The minimum absolute atomic E-state index is 0.0741. The second-order valence-electron chi connectivity index (χ2n) is 4.58. The van der Waals surface area contributed by atoms with Crippen LogP contribution >= 0.6 is 0 Å². The van der Waals surface area contributed by atoms with Crippen molar-refractivity contribution in [2.75, 3.05) is 5.73 Å². The Bertz CT molecular complexity index is 694. The fourth-order valence-electron chi connectivity index (χ4n) is 1.87. The molecule has 2 atom stereocenters. The van der Waals surface area contributed by atoms with Gasteiger partial charge in [-0.2, -0.15) is 0 Å². The minimum Gasteiger partial charge on any atom is -0.223 e. The normalized spacial score (nSPS) is 15.8. The van der Waals surface area contributed by atoms with E-state index in [-0.39, 0.29) is 10.8 Å². The third-order valence-electron chi connectivity index (χ3n) is 3.05. The van der Waals surface area contributed by atoms with Crippen molar-refractivity contribution in [2.45, 2.75) is 17.7 Å². The molecule has 2 aromatic rings. The molecule has 0 fully saturated rings. The van der Waals surface area contributed by atoms with Crippen LogP contribution in [-0.4, -0.2) is 14.1 Å². The molecule has 0 saturated carbocycles. The van der Waals surface area contributed by atoms with Crippen molar-refractivity contribution in [3.05, 3.63) is 78.4 Å². The summed E-state index contributed by atoms with van der Waals surface area (Å²) in [6.45, 7) is 1.98. The Morgan fingerprint density at radius 1 is 1.05 bits per heavy atom. The van der Waals surface area contributed by atoms with E-state index >= 15 is 0 Å². The molecule has 20 heavy (non-hydrogen) atoms. The summed E-state index contributed by atoms with van der Waals surface area (Å²) in [6.07, 6.45) is 3.22. The van der Waals surface area contributed by atoms with E-state index in [0.29, 0.717) is 0 Å². The third kappa shape index (κ3) is 3.81. The predicted octanol–water partition coefficient (Wildman–Crippen LogP) is 3.82. The molecule has 0 radical (unpaired) electrons. The zero-order chi connectivity index (χ0) is 15.3. The van der Waals surface area contributed by atoms with Gasteiger partial charge in [-0.3, -0.25) is 0 Å². The van der Waals surface area contributed by atoms with Gasteiger partial charge in [0, 0.05) is 1.37 Å². The molecular formula is C17H18O2S. The second kappa shape index (κ2) is 6.53. The first-order valence-electron chi connectivity index (χ1n) is 7.04. The lowest BCUT2D eigenvalue weighted by Gasteiger charge is -2.06. The Labute approximate surface area is 122 Å². The van der Waals surface area contributed by atoms with Crippen molar-refractivity contribution in [2.24, 2.45) is 0 Å². The maximum Gasteiger partial charge on any atom is 0.181 e. The maximum atomic E-state index is 12.2. The second-order valence-corrected chi connectivity index (χ2v) is 6.41. The molecule has 2 rings (SSSR count). The summed E-state index contributed by atoms with van der Waals surface area (Å²) < 4.78 is 32.4. The summed E-state index contributed by atoms with van der Waals surface area (Å²) in [7, 11) is -3.64. The van der Waals surface area contributed by atoms with Crippen LogP contribution in [0.25, 0.3) is 0 Å². The lowest BCUT2D eigenvalue weighted by molar-refractivity contribution is 0.599. The van der Waals surface area contributed by atoms with Crippen molar-refractivity contribution in [1.82, 2.24) is 0 Å². The number of sulfone groups is 1. The van der Waals surface area contributed by atoms with Gasteiger partial charge in [-0.25, -0.2) is 8.42 Å². The highest BCUT2D eigenvalue weighted by atomic mass is 32.2. The Balaban J connectivity index is 2.14. The highest BCUT2D eigenvalue weighted by Gasteiger charge is 2.11. The first-order valence-corrected chi connectivity index (χ1v) is 8.01. The van der Waals surface area contributed by atoms with Crippen LogP contribution in [0.3, 0.4) is 0 Å². The Hall–Kier alpha value is -1.87. The highest BCUT2D eigenvalue weighted by molar-refractivity contribution is 7.91. The molecule has 2 aromatic carbocycles. The van der Waals surface area contributed by atoms with Crippen molar-refractivity contribution in [3.63, 3.8) is 0 Å². The summed E-state index contributed by atoms with van der Waals surface area (Å²) in [4.78, 5) is 0.182. The van der Waals surface area contributed by atoms with Gasteiger partial charge >= 0.3 is 0 Å². The molecule has 0 N–H and O–H groups in total. The molecule has 2 unspecified atom stereocenters. The Morgan fingerprint density at radius 3 is 2.20 bits per heavy atom. The van der Waals surface area contributed by atoms with E-state index in [1.807, 2.05) is 37.3 Å². The molecule has 0 aromatic heterocycles. The van der Waals surface area contributed by atoms with Crippen LogP contribution < -0.4 is 0 Å². The van der Waals surface area contributed by atoms with Crippen molar-refractivity contribution >= 4 is 9.84 Å². The number of hydrogen-bond donors (Lipinski definition) is 0. The van der Waals surface area contributed by atoms with Crippen molar-refractivity contribution in [3.8, 4) is 0 Å². The minimum atomic E-state index is -3.64. The molecule has 0 amide bonds. The number of benzene rings is 2. The monoisotopic (exact) mass is 287 g/mol. The number of rotatable bonds is 5. The molecule has 0 heterocycles. The average Bonchev–Trinajstić information content (AvgIpc) is 2.53. The summed E-state index contributed by atoms with van der Waals surface area (Å²) in [5.41, 5.74) is -0.191. The Kier molecular flexibility index (Phi) is 4.28. The summed E-state index contributed by atoms with van der Waals surface area (Å²) >= 11 is 0. The number of hydrogen-bond acceptors (Lipinski definition) is 2. The smallest absolute Gasteiger partial charge is 0.181 e. The molecule has 0 aliphatic heterocycles. The summed E-state index contributed by atoms with van der Waals surface area (Å²) in [5.74, 6) is 0.0741. The molecule has 0 spiro atoms. The lowest BCUT2D eigenvalue weighted by atomic mass is 10.0. The SMILES string of the molecule is [2H]C(/C=C\C(C)c1ccccc1)S(=O)(=O)c1ccccc1. The number of allylic oxidation sites excluding steroid dienone is 1. The first-order chi connectivity index (χ1) is 10.0. The molecule has 0 aliphatic rings. The van der Waals surface area contributed by atoms with E-state index in [4.69, 9.17) is 1.37 Å². The van der Waals surface area contributed by atoms with E-state index < -0.39 is 15.6 Å². The highest BCUT2D eigenvalue weighted by Crippen LogP contribution is 2.16. The predicted molar refractivity (Wildman–Crippen MR) is 82.5 cm³/mol. The Morgan fingerprint density at radius 2 is 1.60 bits per heavy atom. The van der Waals surface area contributed by atoms with Gasteiger partial charge in [-0.05, 0) is 23.6 Å². The lowest BCUT2D eigenvalue weighted by Crippen LogP contribution is -2.04. The van der Waals surface area contributed by atoms with Crippen LogP contribution in [0, 0.1) is 0 Å². The molecule has 3 heteroatoms. The topological polar surface area (TPSA) is 34.1 Å². The van der Waals surface area contributed by atoms with Crippen molar-refractivity contribution < 1.29 is 9.79 Å². The van der Waals surface area contributed by atoms with Gasteiger partial charge in [-0.1, -0.05) is 67.6 Å². The fourth-order valence-corrected chi connectivity index (χ4v) is 2.86. The zero-order valence-corrected chi connectivity index (χ0v) is 12.1. The van der Waals surface area contributed by atoms with E-state index in [2.05, 4.69) is 0 Å². The molecule has 104 valence electrons. The van der Waals surface area contributed by atoms with Crippen LogP contribution in [0.1, 0.15) is 19.8 Å². The quantitative estimate of drug-likeness (QED) is 0.783. The van der Waals surface area contributed by atoms with Gasteiger partial charge in [0.25, 0.3) is 0 Å². The first kappa shape index (κ1) is 13.1. The van der Waals surface area contributed by atoms with Crippen molar-refractivity contribution in [1.29, 1.82) is 0 Å². The van der Waals surface area contributed by atoms with E-state index in [0.717, 1.165) is 5.56 Å². The average molecular weight is 287 g/mol.